The number of Topliss-reactive ketones (excluding diaryl/α,β-unsaturated/α-hetero) is 1. The van der Waals surface area contributed by atoms with E-state index in [9.17, 15) is 19.7 Å². The van der Waals surface area contributed by atoms with Gasteiger partial charge in [0.1, 0.15) is 0 Å². The molecule has 0 unspecified atom stereocenters. The molecule has 6 nitrogen and oxygen atoms in total. The van der Waals surface area contributed by atoms with Gasteiger partial charge in [-0.3, -0.25) is 19.7 Å². The van der Waals surface area contributed by atoms with Crippen LogP contribution in [0, 0.1) is 15.5 Å². The van der Waals surface area contributed by atoms with Crippen LogP contribution < -0.4 is 4.90 Å². The number of hydrogen-bond acceptors (Lipinski definition) is 4. The minimum Gasteiger partial charge on any atom is -0.312 e. The van der Waals surface area contributed by atoms with Crippen molar-refractivity contribution in [1.29, 1.82) is 0 Å². The Labute approximate surface area is 138 Å². The van der Waals surface area contributed by atoms with Crippen LogP contribution >= 0.6 is 23.2 Å². The molecule has 0 aliphatic heterocycles. The summed E-state index contributed by atoms with van der Waals surface area (Å²) in [6.07, 6.45) is 0. The average Bonchev–Trinajstić information content (AvgIpc) is 2.43. The van der Waals surface area contributed by atoms with Crippen molar-refractivity contribution in [3.63, 3.8) is 0 Å². The summed E-state index contributed by atoms with van der Waals surface area (Å²) in [5.74, 6) is -1.51. The van der Waals surface area contributed by atoms with E-state index in [0.717, 1.165) is 4.90 Å². The summed E-state index contributed by atoms with van der Waals surface area (Å²) >= 11 is 11.9. The third kappa shape index (κ3) is 3.75. The molecule has 0 saturated heterocycles. The molecule has 0 radical (unpaired) electrons. The number of halogens is 2. The predicted octanol–water partition coefficient (Wildman–Crippen LogP) is 3.35. The highest BCUT2D eigenvalue weighted by Crippen LogP contribution is 2.34. The highest BCUT2D eigenvalue weighted by molar-refractivity contribution is 6.69. The zero-order valence-electron chi connectivity index (χ0n) is 12.6. The largest absolute Gasteiger partial charge is 0.312 e. The monoisotopic (exact) mass is 346 g/mol. The molecule has 0 N–H and O–H groups in total. The number of ketones is 1. The van der Waals surface area contributed by atoms with Crippen LogP contribution in [0.5, 0.6) is 0 Å². The molecule has 0 atom stereocenters. The molecular weight excluding hydrogens is 331 g/mol. The molecule has 0 bridgehead atoms. The van der Waals surface area contributed by atoms with Crippen molar-refractivity contribution in [1.82, 2.24) is 0 Å². The third-order valence-corrected chi connectivity index (χ3v) is 3.63. The van der Waals surface area contributed by atoms with Gasteiger partial charge in [-0.2, -0.15) is 0 Å². The van der Waals surface area contributed by atoms with Crippen molar-refractivity contribution >= 4 is 46.3 Å². The average molecular weight is 347 g/mol. The molecule has 0 spiro atoms. The molecule has 0 aliphatic carbocycles. The number of anilines is 1. The van der Waals surface area contributed by atoms with Gasteiger partial charge in [-0.15, -0.1) is 0 Å². The number of nitrogens with zero attached hydrogens (tertiary/aromatic N) is 2. The fraction of sp³-hybridized carbons (Fsp3) is 0.429. The van der Waals surface area contributed by atoms with Gasteiger partial charge in [-0.05, 0) is 6.07 Å². The Morgan fingerprint density at radius 2 is 1.77 bits per heavy atom. The first-order chi connectivity index (χ1) is 9.89. The van der Waals surface area contributed by atoms with Crippen molar-refractivity contribution in [2.45, 2.75) is 25.1 Å². The molecule has 1 rings (SSSR count). The van der Waals surface area contributed by atoms with E-state index in [1.165, 1.54) is 31.3 Å². The van der Waals surface area contributed by atoms with Gasteiger partial charge in [0.05, 0.1) is 10.6 Å². The molecule has 1 aromatic rings. The van der Waals surface area contributed by atoms with E-state index in [4.69, 9.17) is 23.2 Å². The number of nitro groups is 1. The summed E-state index contributed by atoms with van der Waals surface area (Å²) in [4.78, 5) is 35.8. The number of benzene rings is 1. The molecule has 0 aliphatic rings. The highest BCUT2D eigenvalue weighted by Gasteiger charge is 2.48. The minimum atomic E-state index is -2.27. The highest BCUT2D eigenvalue weighted by atomic mass is 35.5. The van der Waals surface area contributed by atoms with Crippen molar-refractivity contribution in [2.75, 3.05) is 11.9 Å². The molecule has 0 heterocycles. The molecule has 22 heavy (non-hydrogen) atoms. The second-order valence-electron chi connectivity index (χ2n) is 5.79. The zero-order valence-corrected chi connectivity index (χ0v) is 14.1. The van der Waals surface area contributed by atoms with Crippen LogP contribution in [-0.2, 0) is 9.59 Å². The van der Waals surface area contributed by atoms with Gasteiger partial charge in [0.15, 0.2) is 5.78 Å². The van der Waals surface area contributed by atoms with E-state index in [0.29, 0.717) is 0 Å². The Hall–Kier alpha value is -1.66. The standard InChI is InChI=1S/C14H16Cl2N2O4/c1-13(2,3)11(19)14(15,16)12(20)17(4)9-6-5-7-10(8-9)18(21)22/h5-8H,1-4H3. The lowest BCUT2D eigenvalue weighted by Crippen LogP contribution is -2.49. The Morgan fingerprint density at radius 3 is 2.23 bits per heavy atom. The zero-order chi connectivity index (χ0) is 17.3. The topological polar surface area (TPSA) is 80.5 Å². The van der Waals surface area contributed by atoms with Crippen molar-refractivity contribution < 1.29 is 14.5 Å². The fourth-order valence-electron chi connectivity index (χ4n) is 1.71. The van der Waals surface area contributed by atoms with Crippen LogP contribution in [0.2, 0.25) is 0 Å². The molecule has 1 amide bonds. The van der Waals surface area contributed by atoms with Crippen LogP contribution in [0.3, 0.4) is 0 Å². The maximum absolute atomic E-state index is 12.4. The minimum absolute atomic E-state index is 0.186. The van der Waals surface area contributed by atoms with E-state index in [1.807, 2.05) is 0 Å². The molecule has 1 aromatic carbocycles. The number of alkyl halides is 2. The van der Waals surface area contributed by atoms with Gasteiger partial charge >= 0.3 is 0 Å². The lowest BCUT2D eigenvalue weighted by atomic mass is 9.88. The van der Waals surface area contributed by atoms with Gasteiger partial charge in [-0.25, -0.2) is 0 Å². The summed E-state index contributed by atoms with van der Waals surface area (Å²) in [6, 6.07) is 5.39. The number of non-ortho nitro benzene ring substituents is 1. The number of nitro benzene ring substituents is 1. The summed E-state index contributed by atoms with van der Waals surface area (Å²) in [5.41, 5.74) is -0.886. The summed E-state index contributed by atoms with van der Waals surface area (Å²) in [7, 11) is 1.34. The molecular formula is C14H16Cl2N2O4. The number of rotatable bonds is 4. The number of amides is 1. The first-order valence-corrected chi connectivity index (χ1v) is 7.10. The Morgan fingerprint density at radius 1 is 1.23 bits per heavy atom. The summed E-state index contributed by atoms with van der Waals surface area (Å²) in [5, 5.41) is 10.8. The lowest BCUT2D eigenvalue weighted by molar-refractivity contribution is -0.384. The van der Waals surface area contributed by atoms with Gasteiger partial charge in [0, 0.05) is 24.6 Å². The SMILES string of the molecule is CN(C(=O)C(Cl)(Cl)C(=O)C(C)(C)C)c1cccc([N+](=O)[O-])c1. The van der Waals surface area contributed by atoms with E-state index in [1.54, 1.807) is 20.8 Å². The van der Waals surface area contributed by atoms with Crippen molar-refractivity contribution in [3.8, 4) is 0 Å². The van der Waals surface area contributed by atoms with Crippen LogP contribution in [0.25, 0.3) is 0 Å². The number of carbonyl (C=O) groups is 2. The van der Waals surface area contributed by atoms with E-state index in [-0.39, 0.29) is 11.4 Å². The number of hydrogen-bond donors (Lipinski definition) is 0. The van der Waals surface area contributed by atoms with Crippen molar-refractivity contribution in [3.05, 3.63) is 34.4 Å². The predicted molar refractivity (Wildman–Crippen MR) is 85.4 cm³/mol. The summed E-state index contributed by atoms with van der Waals surface area (Å²) < 4.78 is -2.27. The smallest absolute Gasteiger partial charge is 0.271 e. The summed E-state index contributed by atoms with van der Waals surface area (Å²) in [6.45, 7) is 4.78. The maximum atomic E-state index is 12.4. The second kappa shape index (κ2) is 6.22. The van der Waals surface area contributed by atoms with E-state index < -0.39 is 26.4 Å². The fourth-order valence-corrected chi connectivity index (χ4v) is 2.53. The van der Waals surface area contributed by atoms with Crippen molar-refractivity contribution in [2.24, 2.45) is 5.41 Å². The van der Waals surface area contributed by atoms with Gasteiger partial charge in [0.2, 0.25) is 0 Å². The molecule has 0 aromatic heterocycles. The van der Waals surface area contributed by atoms with E-state index in [2.05, 4.69) is 0 Å². The van der Waals surface area contributed by atoms with Crippen LogP contribution in [0.15, 0.2) is 24.3 Å². The lowest BCUT2D eigenvalue weighted by Gasteiger charge is -2.29. The van der Waals surface area contributed by atoms with Gasteiger partial charge < -0.3 is 4.90 Å². The van der Waals surface area contributed by atoms with Crippen LogP contribution in [0.4, 0.5) is 11.4 Å². The number of carbonyl (C=O) groups excluding carboxylic acids is 2. The molecule has 0 saturated carbocycles. The van der Waals surface area contributed by atoms with E-state index >= 15 is 0 Å². The molecule has 0 fully saturated rings. The molecule has 8 heteroatoms. The quantitative estimate of drug-likeness (QED) is 0.362. The molecule has 120 valence electrons. The van der Waals surface area contributed by atoms with Crippen LogP contribution in [0.1, 0.15) is 20.8 Å². The third-order valence-electron chi connectivity index (χ3n) is 2.97. The van der Waals surface area contributed by atoms with Crippen LogP contribution in [-0.4, -0.2) is 28.0 Å². The Kier molecular flexibility index (Phi) is 5.20. The Bertz CT molecular complexity index is 624. The normalized spacial score (nSPS) is 11.9. The Balaban J connectivity index is 3.14. The maximum Gasteiger partial charge on any atom is 0.271 e. The first kappa shape index (κ1) is 18.4. The van der Waals surface area contributed by atoms with Gasteiger partial charge in [-0.1, -0.05) is 50.0 Å². The van der Waals surface area contributed by atoms with Gasteiger partial charge in [0.25, 0.3) is 15.9 Å². The second-order valence-corrected chi connectivity index (χ2v) is 7.12. The first-order valence-electron chi connectivity index (χ1n) is 6.34.